The van der Waals surface area contributed by atoms with Crippen molar-refractivity contribution in [1.82, 2.24) is 0 Å². The molecular weight excluding hydrogens is 524 g/mol. The lowest BCUT2D eigenvalue weighted by molar-refractivity contribution is -0.271. The Morgan fingerprint density at radius 3 is 1.31 bits per heavy atom. The summed E-state index contributed by atoms with van der Waals surface area (Å²) in [7, 11) is 0. The van der Waals surface area contributed by atoms with Gasteiger partial charge in [0.2, 0.25) is 0 Å². The molecule has 1 heterocycles. The molecule has 1 saturated heterocycles. The molecule has 1 aliphatic heterocycles. The van der Waals surface area contributed by atoms with Crippen LogP contribution in [-0.4, -0.2) is 37.1 Å². The molecule has 0 amide bonds. The molecule has 4 aromatic rings. The molecule has 5 atom stereocenters. The van der Waals surface area contributed by atoms with Crippen LogP contribution in [0, 0.1) is 0 Å². The van der Waals surface area contributed by atoms with E-state index in [2.05, 4.69) is 55.1 Å². The number of ether oxygens (including phenoxy) is 5. The van der Waals surface area contributed by atoms with Crippen molar-refractivity contribution in [2.24, 2.45) is 0 Å². The van der Waals surface area contributed by atoms with Gasteiger partial charge in [0.15, 0.2) is 0 Å². The van der Waals surface area contributed by atoms with Gasteiger partial charge < -0.3 is 23.7 Å². The van der Waals surface area contributed by atoms with Gasteiger partial charge in [-0.25, -0.2) is 0 Å². The lowest BCUT2D eigenvalue weighted by Crippen LogP contribution is -2.61. The first-order valence-corrected chi connectivity index (χ1v) is 14.6. The molecule has 1 fully saturated rings. The first-order chi connectivity index (χ1) is 20.8. The van der Waals surface area contributed by atoms with Gasteiger partial charge in [-0.3, -0.25) is 0 Å². The third kappa shape index (κ3) is 8.71. The summed E-state index contributed by atoms with van der Waals surface area (Å²) < 4.78 is 32.9. The number of rotatable bonds is 15. The van der Waals surface area contributed by atoms with Crippen molar-refractivity contribution < 1.29 is 23.7 Å². The van der Waals surface area contributed by atoms with Crippen LogP contribution in [-0.2, 0) is 50.1 Å². The van der Waals surface area contributed by atoms with E-state index in [0.29, 0.717) is 39.5 Å². The van der Waals surface area contributed by atoms with Crippen LogP contribution in [0.15, 0.2) is 134 Å². The molecule has 0 radical (unpaired) electrons. The summed E-state index contributed by atoms with van der Waals surface area (Å²) in [6.07, 6.45) is 0.663. The SMILES string of the molecule is C=CCC1O[C@H](COCc2ccccc2)[C@@H](OCc2ccccc2)[C@H](OCc2ccccc2)[C@@H]1OCc1ccccc1. The van der Waals surface area contributed by atoms with Crippen LogP contribution in [0.5, 0.6) is 0 Å². The van der Waals surface area contributed by atoms with Gasteiger partial charge in [-0.1, -0.05) is 127 Å². The minimum Gasteiger partial charge on any atom is -0.374 e. The quantitative estimate of drug-likeness (QED) is 0.142. The first-order valence-electron chi connectivity index (χ1n) is 14.6. The molecule has 4 aromatic carbocycles. The minimum absolute atomic E-state index is 0.270. The summed E-state index contributed by atoms with van der Waals surface area (Å²) in [5.41, 5.74) is 4.37. The molecule has 1 unspecified atom stereocenters. The van der Waals surface area contributed by atoms with Crippen molar-refractivity contribution in [3.8, 4) is 0 Å². The average molecular weight is 565 g/mol. The molecule has 0 saturated carbocycles. The Hall–Kier alpha value is -3.58. The second-order valence-electron chi connectivity index (χ2n) is 10.5. The highest BCUT2D eigenvalue weighted by atomic mass is 16.6. The summed E-state index contributed by atoms with van der Waals surface area (Å²) in [6.45, 7) is 6.15. The highest BCUT2D eigenvalue weighted by Crippen LogP contribution is 2.32. The van der Waals surface area contributed by atoms with E-state index in [1.54, 1.807) is 0 Å². The smallest absolute Gasteiger partial charge is 0.115 e. The molecule has 0 aliphatic carbocycles. The van der Waals surface area contributed by atoms with Crippen LogP contribution < -0.4 is 0 Å². The monoisotopic (exact) mass is 564 g/mol. The lowest BCUT2D eigenvalue weighted by atomic mass is 9.92. The van der Waals surface area contributed by atoms with E-state index in [1.807, 2.05) is 78.9 Å². The maximum absolute atomic E-state index is 6.72. The van der Waals surface area contributed by atoms with Crippen LogP contribution in [0.4, 0.5) is 0 Å². The van der Waals surface area contributed by atoms with Crippen LogP contribution in [0.2, 0.25) is 0 Å². The Morgan fingerprint density at radius 2 is 0.881 bits per heavy atom. The maximum Gasteiger partial charge on any atom is 0.115 e. The minimum atomic E-state index is -0.425. The third-order valence-electron chi connectivity index (χ3n) is 7.38. The predicted molar refractivity (Wildman–Crippen MR) is 165 cm³/mol. The topological polar surface area (TPSA) is 46.2 Å². The van der Waals surface area contributed by atoms with Gasteiger partial charge in [0.05, 0.1) is 39.1 Å². The highest BCUT2D eigenvalue weighted by Gasteiger charge is 2.48. The van der Waals surface area contributed by atoms with Gasteiger partial charge in [0.25, 0.3) is 0 Å². The van der Waals surface area contributed by atoms with Crippen LogP contribution in [0.25, 0.3) is 0 Å². The van der Waals surface area contributed by atoms with Gasteiger partial charge >= 0.3 is 0 Å². The molecule has 1 aliphatic rings. The van der Waals surface area contributed by atoms with Crippen molar-refractivity contribution in [3.05, 3.63) is 156 Å². The van der Waals surface area contributed by atoms with Crippen molar-refractivity contribution in [3.63, 3.8) is 0 Å². The molecule has 0 bridgehead atoms. The second kappa shape index (κ2) is 16.2. The Bertz CT molecular complexity index is 1300. The van der Waals surface area contributed by atoms with E-state index in [4.69, 9.17) is 23.7 Å². The van der Waals surface area contributed by atoms with Crippen molar-refractivity contribution in [2.45, 2.75) is 63.4 Å². The molecular formula is C37H40O5. The Morgan fingerprint density at radius 1 is 0.500 bits per heavy atom. The van der Waals surface area contributed by atoms with Gasteiger partial charge in [-0.05, 0) is 28.7 Å². The zero-order valence-electron chi connectivity index (χ0n) is 24.0. The van der Waals surface area contributed by atoms with E-state index < -0.39 is 12.2 Å². The fourth-order valence-corrected chi connectivity index (χ4v) is 5.24. The number of hydrogen-bond donors (Lipinski definition) is 0. The summed E-state index contributed by atoms with van der Waals surface area (Å²) in [5, 5.41) is 0. The van der Waals surface area contributed by atoms with Gasteiger partial charge in [-0.15, -0.1) is 6.58 Å². The maximum atomic E-state index is 6.72. The Labute approximate surface area is 249 Å². The molecule has 0 aromatic heterocycles. The molecule has 218 valence electrons. The third-order valence-corrected chi connectivity index (χ3v) is 7.38. The molecule has 5 heteroatoms. The number of hydrogen-bond acceptors (Lipinski definition) is 5. The van der Waals surface area contributed by atoms with E-state index in [1.165, 1.54) is 0 Å². The van der Waals surface area contributed by atoms with E-state index >= 15 is 0 Å². The average Bonchev–Trinajstić information content (AvgIpc) is 3.05. The van der Waals surface area contributed by atoms with E-state index in [9.17, 15) is 0 Å². The Kier molecular flexibility index (Phi) is 11.5. The van der Waals surface area contributed by atoms with E-state index in [-0.39, 0.29) is 18.3 Å². The van der Waals surface area contributed by atoms with E-state index in [0.717, 1.165) is 22.3 Å². The van der Waals surface area contributed by atoms with Crippen LogP contribution >= 0.6 is 0 Å². The molecule has 5 nitrogen and oxygen atoms in total. The fourth-order valence-electron chi connectivity index (χ4n) is 5.24. The van der Waals surface area contributed by atoms with Crippen molar-refractivity contribution in [2.75, 3.05) is 6.61 Å². The van der Waals surface area contributed by atoms with Gasteiger partial charge in [0, 0.05) is 0 Å². The predicted octanol–water partition coefficient (Wildman–Crippen LogP) is 7.30. The van der Waals surface area contributed by atoms with Gasteiger partial charge in [0.1, 0.15) is 24.4 Å². The van der Waals surface area contributed by atoms with Crippen LogP contribution in [0.1, 0.15) is 28.7 Å². The first kappa shape index (κ1) is 29.9. The summed E-state index contributed by atoms with van der Waals surface area (Å²) in [6, 6.07) is 40.7. The standard InChI is InChI=1S/C37H40O5/c1-2-15-33-35(39-25-30-18-9-4-10-19-30)37(41-27-32-22-13-6-14-23-32)36(40-26-31-20-11-5-12-21-31)34(42-33)28-38-24-29-16-7-3-8-17-29/h2-14,16-23,33-37H,1,15,24-28H2/t33?,34-,35-,36-,37-/m1/s1. The highest BCUT2D eigenvalue weighted by molar-refractivity contribution is 5.16. The Balaban J connectivity index is 1.40. The summed E-state index contributed by atoms with van der Waals surface area (Å²) in [5.74, 6) is 0. The summed E-state index contributed by atoms with van der Waals surface area (Å²) in [4.78, 5) is 0. The largest absolute Gasteiger partial charge is 0.374 e. The van der Waals surface area contributed by atoms with Gasteiger partial charge in [-0.2, -0.15) is 0 Å². The molecule has 5 rings (SSSR count). The molecule has 0 spiro atoms. The van der Waals surface area contributed by atoms with Crippen molar-refractivity contribution >= 4 is 0 Å². The lowest BCUT2D eigenvalue weighted by Gasteiger charge is -2.46. The van der Waals surface area contributed by atoms with Crippen LogP contribution in [0.3, 0.4) is 0 Å². The zero-order chi connectivity index (χ0) is 28.8. The molecule has 42 heavy (non-hydrogen) atoms. The number of benzene rings is 4. The fraction of sp³-hybridized carbons (Fsp3) is 0.297. The zero-order valence-corrected chi connectivity index (χ0v) is 24.0. The second-order valence-corrected chi connectivity index (χ2v) is 10.5. The molecule has 0 N–H and O–H groups in total. The van der Waals surface area contributed by atoms with Crippen molar-refractivity contribution in [1.29, 1.82) is 0 Å². The summed E-state index contributed by atoms with van der Waals surface area (Å²) >= 11 is 0. The normalized spacial score (nSPS) is 22.0.